The van der Waals surface area contributed by atoms with Gasteiger partial charge in [-0.1, -0.05) is 6.07 Å². The Hall–Kier alpha value is -4.54. The Balaban J connectivity index is 1.47. The number of benzene rings is 1. The van der Waals surface area contributed by atoms with Crippen molar-refractivity contribution in [2.24, 2.45) is 0 Å². The number of imidazole rings is 1. The number of imide groups is 1. The summed E-state index contributed by atoms with van der Waals surface area (Å²) < 4.78 is 15.6. The normalized spacial score (nSPS) is 16.0. The van der Waals surface area contributed by atoms with Gasteiger partial charge in [-0.25, -0.2) is 14.8 Å². The molecule has 2 bridgehead atoms. The minimum atomic E-state index is -0.842. The van der Waals surface area contributed by atoms with Crippen LogP contribution in [0.2, 0.25) is 0 Å². The van der Waals surface area contributed by atoms with Gasteiger partial charge in [0, 0.05) is 24.3 Å². The summed E-state index contributed by atoms with van der Waals surface area (Å²) in [5.74, 6) is 0.916. The number of rotatable bonds is 2. The lowest BCUT2D eigenvalue weighted by Gasteiger charge is -2.26. The zero-order valence-corrected chi connectivity index (χ0v) is 22.8. The summed E-state index contributed by atoms with van der Waals surface area (Å²) in [6, 6.07) is 10.5. The Morgan fingerprint density at radius 3 is 2.75 bits per heavy atom. The Bertz CT molecular complexity index is 1560. The van der Waals surface area contributed by atoms with Crippen molar-refractivity contribution in [3.8, 4) is 23.0 Å². The van der Waals surface area contributed by atoms with E-state index in [1.165, 1.54) is 0 Å². The molecule has 206 valence electrons. The number of hydrogen-bond donors (Lipinski definition) is 0. The molecule has 0 radical (unpaired) electrons. The number of carbonyl (C=O) groups excluding carboxylic acids is 2. The van der Waals surface area contributed by atoms with Crippen LogP contribution in [0.3, 0.4) is 0 Å². The SMILES string of the molecule is CC(C)(C)OC(=O)N1C(=O)c2cc(-n3cnc(C4CC4)c3)ccc2OCCCCn2cnnc2-c2cccc1n2. The number of fused-ring (bicyclic) bond motifs is 5. The van der Waals surface area contributed by atoms with Crippen LogP contribution in [-0.2, 0) is 11.3 Å². The second-order valence-electron chi connectivity index (χ2n) is 11.1. The molecule has 1 saturated carbocycles. The largest absolute Gasteiger partial charge is 0.493 e. The van der Waals surface area contributed by atoms with E-state index in [2.05, 4.69) is 20.2 Å². The molecule has 40 heavy (non-hydrogen) atoms. The van der Waals surface area contributed by atoms with E-state index in [1.54, 1.807) is 63.8 Å². The Labute approximate surface area is 231 Å². The maximum Gasteiger partial charge on any atom is 0.423 e. The molecule has 2 amide bonds. The van der Waals surface area contributed by atoms with Gasteiger partial charge in [0.1, 0.15) is 29.2 Å². The fourth-order valence-electron chi connectivity index (χ4n) is 4.60. The fourth-order valence-corrected chi connectivity index (χ4v) is 4.60. The van der Waals surface area contributed by atoms with Crippen LogP contribution in [0.1, 0.15) is 68.4 Å². The Kier molecular flexibility index (Phi) is 6.57. The summed E-state index contributed by atoms with van der Waals surface area (Å²) >= 11 is 0. The lowest BCUT2D eigenvalue weighted by molar-refractivity contribution is 0.0562. The Morgan fingerprint density at radius 2 is 1.95 bits per heavy atom. The van der Waals surface area contributed by atoms with Gasteiger partial charge in [-0.2, -0.15) is 4.90 Å². The van der Waals surface area contributed by atoms with Crippen molar-refractivity contribution < 1.29 is 19.1 Å². The smallest absolute Gasteiger partial charge is 0.423 e. The first kappa shape index (κ1) is 25.7. The molecule has 2 aliphatic rings. The first-order valence-corrected chi connectivity index (χ1v) is 13.5. The average Bonchev–Trinajstić information content (AvgIpc) is 3.45. The van der Waals surface area contributed by atoms with Gasteiger partial charge < -0.3 is 18.6 Å². The molecule has 4 aromatic rings. The van der Waals surface area contributed by atoms with Crippen LogP contribution in [0.5, 0.6) is 5.75 Å². The molecule has 0 N–H and O–H groups in total. The highest BCUT2D eigenvalue weighted by molar-refractivity contribution is 6.20. The van der Waals surface area contributed by atoms with Crippen molar-refractivity contribution in [2.45, 2.75) is 64.5 Å². The van der Waals surface area contributed by atoms with E-state index in [-0.39, 0.29) is 11.4 Å². The van der Waals surface area contributed by atoms with Crippen molar-refractivity contribution in [1.82, 2.24) is 29.3 Å². The number of amides is 2. The van der Waals surface area contributed by atoms with Gasteiger partial charge in [0.25, 0.3) is 5.91 Å². The highest BCUT2D eigenvalue weighted by Gasteiger charge is 2.33. The van der Waals surface area contributed by atoms with Gasteiger partial charge in [0.2, 0.25) is 0 Å². The molecule has 11 heteroatoms. The second kappa shape index (κ2) is 10.2. The van der Waals surface area contributed by atoms with Crippen LogP contribution in [-0.4, -0.2) is 53.5 Å². The molecule has 4 heterocycles. The molecule has 11 nitrogen and oxygen atoms in total. The van der Waals surface area contributed by atoms with Crippen molar-refractivity contribution in [3.05, 3.63) is 66.5 Å². The maximum atomic E-state index is 14.3. The van der Waals surface area contributed by atoms with Crippen LogP contribution in [0.15, 0.2) is 55.2 Å². The number of aromatic nitrogens is 6. The quantitative estimate of drug-likeness (QED) is 0.342. The van der Waals surface area contributed by atoms with E-state index in [9.17, 15) is 9.59 Å². The third-order valence-corrected chi connectivity index (χ3v) is 6.73. The standard InChI is InChI=1S/C29H31N7O4/c1-29(2,3)40-28(38)36-25-8-6-7-22(32-25)26-33-31-18-34(26)13-4-5-14-39-24-12-11-20(15-21(24)27(36)37)35-16-23(30-17-35)19-9-10-19/h6-8,11-12,15-19H,4-5,9-10,13-14H2,1-3H3. The van der Waals surface area contributed by atoms with Crippen LogP contribution < -0.4 is 9.64 Å². The van der Waals surface area contributed by atoms with Gasteiger partial charge in [0.15, 0.2) is 5.82 Å². The second-order valence-corrected chi connectivity index (χ2v) is 11.1. The first-order chi connectivity index (χ1) is 19.3. The van der Waals surface area contributed by atoms with E-state index in [0.29, 0.717) is 36.3 Å². The average molecular weight is 542 g/mol. The van der Waals surface area contributed by atoms with Gasteiger partial charge in [-0.15, -0.1) is 10.2 Å². The van der Waals surface area contributed by atoms with Gasteiger partial charge in [-0.05, 0) is 76.8 Å². The summed E-state index contributed by atoms with van der Waals surface area (Å²) in [6.07, 6.45) is 8.37. The van der Waals surface area contributed by atoms with Gasteiger partial charge in [0.05, 0.1) is 24.2 Å². The highest BCUT2D eigenvalue weighted by atomic mass is 16.6. The molecule has 1 aromatic carbocycles. The predicted octanol–water partition coefficient (Wildman–Crippen LogP) is 5.16. The van der Waals surface area contributed by atoms with Crippen molar-refractivity contribution in [1.29, 1.82) is 0 Å². The zero-order valence-electron chi connectivity index (χ0n) is 22.8. The molecule has 1 aliphatic carbocycles. The summed E-state index contributed by atoms with van der Waals surface area (Å²) in [5, 5.41) is 8.29. The molecule has 3 aromatic heterocycles. The highest BCUT2D eigenvalue weighted by Crippen LogP contribution is 2.39. The monoisotopic (exact) mass is 541 g/mol. The molecule has 0 unspecified atom stereocenters. The lowest BCUT2D eigenvalue weighted by atomic mass is 10.1. The molecule has 0 saturated heterocycles. The van der Waals surface area contributed by atoms with E-state index in [1.807, 2.05) is 21.4 Å². The van der Waals surface area contributed by atoms with Gasteiger partial charge in [-0.3, -0.25) is 4.79 Å². The zero-order chi connectivity index (χ0) is 27.9. The maximum absolute atomic E-state index is 14.3. The number of aryl methyl sites for hydroxylation is 1. The van der Waals surface area contributed by atoms with Crippen molar-refractivity contribution in [3.63, 3.8) is 0 Å². The fraction of sp³-hybridized carbons (Fsp3) is 0.379. The van der Waals surface area contributed by atoms with Crippen LogP contribution in [0.4, 0.5) is 10.6 Å². The molecular weight excluding hydrogens is 510 g/mol. The number of hydrogen-bond acceptors (Lipinski definition) is 8. The van der Waals surface area contributed by atoms with Crippen molar-refractivity contribution >= 4 is 17.8 Å². The minimum Gasteiger partial charge on any atom is -0.493 e. The Morgan fingerprint density at radius 1 is 1.10 bits per heavy atom. The van der Waals surface area contributed by atoms with Gasteiger partial charge >= 0.3 is 6.09 Å². The van der Waals surface area contributed by atoms with Crippen LogP contribution in [0.25, 0.3) is 17.2 Å². The molecule has 1 fully saturated rings. The summed E-state index contributed by atoms with van der Waals surface area (Å²) in [7, 11) is 0. The lowest BCUT2D eigenvalue weighted by Crippen LogP contribution is -2.41. The summed E-state index contributed by atoms with van der Waals surface area (Å²) in [6.45, 7) is 6.30. The summed E-state index contributed by atoms with van der Waals surface area (Å²) in [4.78, 5) is 38.0. The third-order valence-electron chi connectivity index (χ3n) is 6.73. The molecule has 1 aliphatic heterocycles. The number of ether oxygens (including phenoxy) is 2. The topological polar surface area (TPSA) is 117 Å². The summed E-state index contributed by atoms with van der Waals surface area (Å²) in [5.41, 5.74) is 1.63. The van der Waals surface area contributed by atoms with Crippen LogP contribution in [0, 0.1) is 0 Å². The van der Waals surface area contributed by atoms with E-state index >= 15 is 0 Å². The van der Waals surface area contributed by atoms with Crippen molar-refractivity contribution in [2.75, 3.05) is 11.5 Å². The van der Waals surface area contributed by atoms with Crippen LogP contribution >= 0.6 is 0 Å². The van der Waals surface area contributed by atoms with E-state index in [0.717, 1.165) is 42.0 Å². The minimum absolute atomic E-state index is 0.110. The number of anilines is 1. The first-order valence-electron chi connectivity index (χ1n) is 13.5. The molecular formula is C29H31N7O4. The molecule has 0 spiro atoms. The predicted molar refractivity (Wildman–Crippen MR) is 147 cm³/mol. The molecule has 6 rings (SSSR count). The molecule has 0 atom stereocenters. The van der Waals surface area contributed by atoms with E-state index < -0.39 is 17.6 Å². The number of pyridine rings is 1. The van der Waals surface area contributed by atoms with E-state index in [4.69, 9.17) is 9.47 Å². The third kappa shape index (κ3) is 5.31. The number of nitrogens with zero attached hydrogens (tertiary/aromatic N) is 7. The number of carbonyl (C=O) groups is 2.